The molecule has 2 N–H and O–H groups in total. The molecule has 2 aliphatic rings. The summed E-state index contributed by atoms with van der Waals surface area (Å²) < 4.78 is 0. The third-order valence-corrected chi connectivity index (χ3v) is 4.75. The topological polar surface area (TPSA) is 41.1 Å². The molecule has 1 heterocycles. The second-order valence-corrected chi connectivity index (χ2v) is 6.34. The minimum atomic E-state index is -0.0480. The predicted molar refractivity (Wildman–Crippen MR) is 87.8 cm³/mol. The van der Waals surface area contributed by atoms with Crippen LogP contribution in [0.1, 0.15) is 41.2 Å². The van der Waals surface area contributed by atoms with E-state index in [0.717, 1.165) is 17.2 Å². The number of amides is 1. The smallest absolute Gasteiger partial charge is 0.255 e. The number of nitrogens with one attached hydrogen (secondary N) is 2. The molecule has 2 aromatic rings. The Balaban J connectivity index is 1.50. The summed E-state index contributed by atoms with van der Waals surface area (Å²) in [5, 5.41) is 6.64. The van der Waals surface area contributed by atoms with E-state index in [1.807, 2.05) is 48.5 Å². The van der Waals surface area contributed by atoms with Gasteiger partial charge in [0, 0.05) is 23.3 Å². The lowest BCUT2D eigenvalue weighted by Crippen LogP contribution is -2.28. The van der Waals surface area contributed by atoms with Gasteiger partial charge in [-0.15, -0.1) is 0 Å². The van der Waals surface area contributed by atoms with Gasteiger partial charge in [-0.25, -0.2) is 0 Å². The van der Waals surface area contributed by atoms with Crippen molar-refractivity contribution in [3.63, 3.8) is 0 Å². The zero-order chi connectivity index (χ0) is 14.9. The van der Waals surface area contributed by atoms with Crippen LogP contribution in [0.3, 0.4) is 0 Å². The number of hydrogen-bond donors (Lipinski definition) is 2. The largest absolute Gasteiger partial charge is 0.322 e. The molecule has 0 radical (unpaired) electrons. The first kappa shape index (κ1) is 13.5. The molecule has 1 saturated heterocycles. The molecule has 2 aromatic carbocycles. The number of anilines is 1. The number of rotatable bonds is 3. The van der Waals surface area contributed by atoms with Crippen molar-refractivity contribution >= 4 is 11.6 Å². The molecule has 1 aliphatic heterocycles. The Hall–Kier alpha value is -2.13. The van der Waals surface area contributed by atoms with Crippen molar-refractivity contribution in [2.24, 2.45) is 5.92 Å². The fraction of sp³-hybridized carbons (Fsp3) is 0.316. The van der Waals surface area contributed by atoms with E-state index >= 15 is 0 Å². The Kier molecular flexibility index (Phi) is 3.43. The fourth-order valence-corrected chi connectivity index (χ4v) is 3.38. The molecule has 3 atom stereocenters. The van der Waals surface area contributed by atoms with Gasteiger partial charge in [0.25, 0.3) is 5.91 Å². The van der Waals surface area contributed by atoms with Gasteiger partial charge in [0.2, 0.25) is 0 Å². The molecule has 3 heteroatoms. The molecular formula is C19H20N2O. The summed E-state index contributed by atoms with van der Waals surface area (Å²) in [6.07, 6.45) is 3.80. The summed E-state index contributed by atoms with van der Waals surface area (Å²) in [5.74, 6) is 0.856. The highest BCUT2D eigenvalue weighted by Gasteiger charge is 2.42. The fourth-order valence-electron chi connectivity index (χ4n) is 3.38. The van der Waals surface area contributed by atoms with Crippen molar-refractivity contribution in [3.8, 4) is 0 Å². The van der Waals surface area contributed by atoms with Gasteiger partial charge < -0.3 is 10.6 Å². The van der Waals surface area contributed by atoms with E-state index < -0.39 is 0 Å². The van der Waals surface area contributed by atoms with Crippen molar-refractivity contribution < 1.29 is 4.79 Å². The minimum Gasteiger partial charge on any atom is -0.322 e. The number of piperidine rings is 1. The summed E-state index contributed by atoms with van der Waals surface area (Å²) in [7, 11) is 0. The van der Waals surface area contributed by atoms with Crippen molar-refractivity contribution in [1.29, 1.82) is 0 Å². The molecule has 22 heavy (non-hydrogen) atoms. The molecule has 112 valence electrons. The van der Waals surface area contributed by atoms with E-state index in [4.69, 9.17) is 0 Å². The Morgan fingerprint density at radius 2 is 1.91 bits per heavy atom. The second-order valence-electron chi connectivity index (χ2n) is 6.34. The molecule has 0 spiro atoms. The number of fused-ring (bicyclic) bond motifs is 1. The van der Waals surface area contributed by atoms with E-state index in [-0.39, 0.29) is 5.91 Å². The minimum absolute atomic E-state index is 0.0480. The monoisotopic (exact) mass is 292 g/mol. The maximum Gasteiger partial charge on any atom is 0.255 e. The van der Waals surface area contributed by atoms with Crippen LogP contribution >= 0.6 is 0 Å². The summed E-state index contributed by atoms with van der Waals surface area (Å²) in [5.41, 5.74) is 2.78. The van der Waals surface area contributed by atoms with E-state index in [1.165, 1.54) is 24.8 Å². The number of carbonyl (C=O) groups excluding carboxylic acids is 1. The number of benzene rings is 2. The van der Waals surface area contributed by atoms with Crippen LogP contribution in [0.15, 0.2) is 54.6 Å². The molecular weight excluding hydrogens is 272 g/mol. The van der Waals surface area contributed by atoms with Gasteiger partial charge in [-0.1, -0.05) is 30.3 Å². The number of hydrogen-bond acceptors (Lipinski definition) is 2. The van der Waals surface area contributed by atoms with Crippen molar-refractivity contribution in [1.82, 2.24) is 5.32 Å². The highest BCUT2D eigenvalue weighted by molar-refractivity contribution is 6.04. The molecule has 4 rings (SSSR count). The van der Waals surface area contributed by atoms with Crippen molar-refractivity contribution in [2.45, 2.75) is 31.3 Å². The highest BCUT2D eigenvalue weighted by Crippen LogP contribution is 2.43. The lowest BCUT2D eigenvalue weighted by Gasteiger charge is -2.23. The number of para-hydroxylation sites is 1. The van der Waals surface area contributed by atoms with Crippen LogP contribution < -0.4 is 10.6 Å². The van der Waals surface area contributed by atoms with Gasteiger partial charge in [-0.3, -0.25) is 4.79 Å². The molecule has 2 fully saturated rings. The van der Waals surface area contributed by atoms with Crippen LogP contribution in [0, 0.1) is 5.92 Å². The van der Waals surface area contributed by atoms with Crippen LogP contribution in [0.4, 0.5) is 5.69 Å². The Morgan fingerprint density at radius 3 is 2.73 bits per heavy atom. The first-order valence-electron chi connectivity index (χ1n) is 8.02. The summed E-state index contributed by atoms with van der Waals surface area (Å²) in [6, 6.07) is 18.7. The van der Waals surface area contributed by atoms with E-state index in [0.29, 0.717) is 12.1 Å². The van der Waals surface area contributed by atoms with Crippen molar-refractivity contribution in [2.75, 3.05) is 5.32 Å². The van der Waals surface area contributed by atoms with Crippen molar-refractivity contribution in [3.05, 3.63) is 65.7 Å². The van der Waals surface area contributed by atoms with Gasteiger partial charge in [0.15, 0.2) is 0 Å². The molecule has 2 unspecified atom stereocenters. The van der Waals surface area contributed by atoms with Crippen LogP contribution in [-0.4, -0.2) is 11.9 Å². The zero-order valence-electron chi connectivity index (χ0n) is 12.5. The molecule has 1 amide bonds. The van der Waals surface area contributed by atoms with E-state index in [1.54, 1.807) is 0 Å². The third kappa shape index (κ3) is 2.77. The standard InChI is InChI=1S/C19H20N2O/c22-19(20-16-7-2-1-3-8-16)15-6-4-5-13(11-15)17-10-9-14-12-18(14)21-17/h1-8,11,14,17-18,21H,9-10,12H2,(H,20,22)/t14?,17-,18?/m1/s1. The molecule has 0 bridgehead atoms. The van der Waals surface area contributed by atoms with E-state index in [2.05, 4.69) is 16.7 Å². The lowest BCUT2D eigenvalue weighted by atomic mass is 9.96. The Labute approximate surface area is 130 Å². The SMILES string of the molecule is O=C(Nc1ccccc1)c1cccc([C@H]2CCC3CC3N2)c1. The summed E-state index contributed by atoms with van der Waals surface area (Å²) >= 11 is 0. The molecule has 3 nitrogen and oxygen atoms in total. The van der Waals surface area contributed by atoms with E-state index in [9.17, 15) is 4.79 Å². The van der Waals surface area contributed by atoms with Crippen LogP contribution in [0.5, 0.6) is 0 Å². The summed E-state index contributed by atoms with van der Waals surface area (Å²) in [6.45, 7) is 0. The zero-order valence-corrected chi connectivity index (χ0v) is 12.5. The normalized spacial score (nSPS) is 26.1. The average Bonchev–Trinajstić information content (AvgIpc) is 3.34. The molecule has 1 aliphatic carbocycles. The summed E-state index contributed by atoms with van der Waals surface area (Å²) in [4.78, 5) is 12.4. The van der Waals surface area contributed by atoms with Crippen LogP contribution in [0.2, 0.25) is 0 Å². The Bertz CT molecular complexity index is 683. The van der Waals surface area contributed by atoms with Gasteiger partial charge in [0.1, 0.15) is 0 Å². The maximum absolute atomic E-state index is 12.4. The quantitative estimate of drug-likeness (QED) is 0.904. The molecule has 1 saturated carbocycles. The first-order chi connectivity index (χ1) is 10.8. The lowest BCUT2D eigenvalue weighted by molar-refractivity contribution is 0.102. The maximum atomic E-state index is 12.4. The van der Waals surface area contributed by atoms with Gasteiger partial charge in [-0.2, -0.15) is 0 Å². The number of carbonyl (C=O) groups is 1. The van der Waals surface area contributed by atoms with Gasteiger partial charge >= 0.3 is 0 Å². The predicted octanol–water partition coefficient (Wildman–Crippen LogP) is 3.75. The van der Waals surface area contributed by atoms with Gasteiger partial charge in [-0.05, 0) is 55.0 Å². The van der Waals surface area contributed by atoms with Crippen LogP contribution in [0.25, 0.3) is 0 Å². The average molecular weight is 292 g/mol. The first-order valence-corrected chi connectivity index (χ1v) is 8.02. The second kappa shape index (κ2) is 5.58. The van der Waals surface area contributed by atoms with Gasteiger partial charge in [0.05, 0.1) is 0 Å². The molecule has 0 aromatic heterocycles. The Morgan fingerprint density at radius 1 is 1.05 bits per heavy atom. The third-order valence-electron chi connectivity index (χ3n) is 4.75. The highest BCUT2D eigenvalue weighted by atomic mass is 16.1. The van der Waals surface area contributed by atoms with Crippen LogP contribution in [-0.2, 0) is 0 Å².